The largest absolute Gasteiger partial charge is 0.481 e. The third-order valence-corrected chi connectivity index (χ3v) is 8.00. The van der Waals surface area contributed by atoms with Crippen LogP contribution in [0.1, 0.15) is 96.0 Å². The van der Waals surface area contributed by atoms with E-state index in [1.54, 1.807) is 0 Å². The Bertz CT molecular complexity index is 714. The second-order valence-electron chi connectivity index (χ2n) is 10.4. The van der Waals surface area contributed by atoms with Crippen LogP contribution in [-0.4, -0.2) is 35.1 Å². The number of aliphatic carboxylic acids is 1. The van der Waals surface area contributed by atoms with E-state index in [9.17, 15) is 18.7 Å². The molecule has 0 aliphatic heterocycles. The molecule has 32 heavy (non-hydrogen) atoms. The summed E-state index contributed by atoms with van der Waals surface area (Å²) in [6.45, 7) is 6.50. The lowest BCUT2D eigenvalue weighted by molar-refractivity contribution is -0.138. The molecule has 1 aromatic rings. The van der Waals surface area contributed by atoms with Crippen LogP contribution in [0.4, 0.5) is 8.78 Å². The Hall–Kier alpha value is -1.49. The highest BCUT2D eigenvalue weighted by molar-refractivity contribution is 5.67. The Morgan fingerprint density at radius 2 is 1.75 bits per heavy atom. The summed E-state index contributed by atoms with van der Waals surface area (Å²) in [5.74, 6) is -0.905. The molecule has 0 saturated heterocycles. The molecule has 0 radical (unpaired) electrons. The second-order valence-corrected chi connectivity index (χ2v) is 10.4. The fourth-order valence-electron chi connectivity index (χ4n) is 6.07. The van der Waals surface area contributed by atoms with Crippen molar-refractivity contribution in [1.82, 2.24) is 4.90 Å². The van der Waals surface area contributed by atoms with Crippen LogP contribution in [0.15, 0.2) is 18.2 Å². The smallest absolute Gasteiger partial charge is 0.303 e. The van der Waals surface area contributed by atoms with Gasteiger partial charge in [-0.2, -0.15) is 0 Å². The molecule has 3 rings (SSSR count). The molecular weight excluding hydrogens is 408 g/mol. The quantitative estimate of drug-likeness (QED) is 0.418. The minimum absolute atomic E-state index is 0.0575. The van der Waals surface area contributed by atoms with Crippen LogP contribution in [0.3, 0.4) is 0 Å². The van der Waals surface area contributed by atoms with Crippen molar-refractivity contribution in [2.45, 2.75) is 96.4 Å². The van der Waals surface area contributed by atoms with E-state index in [-0.39, 0.29) is 24.3 Å². The second kappa shape index (κ2) is 12.1. The molecule has 5 heteroatoms. The SMILES string of the molecule is CCC(C)CCN(CC1CCCCC1)C1CCCC(CC(=O)O)C1c1cc(F)cc(F)c1. The molecule has 0 amide bonds. The van der Waals surface area contributed by atoms with Crippen LogP contribution in [0.2, 0.25) is 0 Å². The first-order chi connectivity index (χ1) is 15.4. The fraction of sp³-hybridized carbons (Fsp3) is 0.741. The maximum Gasteiger partial charge on any atom is 0.303 e. The monoisotopic (exact) mass is 449 g/mol. The zero-order chi connectivity index (χ0) is 23.1. The molecule has 4 unspecified atom stereocenters. The summed E-state index contributed by atoms with van der Waals surface area (Å²) in [6, 6.07) is 3.93. The molecule has 4 atom stereocenters. The summed E-state index contributed by atoms with van der Waals surface area (Å²) in [5, 5.41) is 9.57. The summed E-state index contributed by atoms with van der Waals surface area (Å²) >= 11 is 0. The number of benzene rings is 1. The van der Waals surface area contributed by atoms with Crippen molar-refractivity contribution in [3.8, 4) is 0 Å². The maximum atomic E-state index is 14.2. The Morgan fingerprint density at radius 1 is 1.06 bits per heavy atom. The van der Waals surface area contributed by atoms with Crippen molar-refractivity contribution in [1.29, 1.82) is 0 Å². The van der Waals surface area contributed by atoms with E-state index in [1.807, 2.05) is 0 Å². The molecule has 1 N–H and O–H groups in total. The number of carboxylic acid groups (broad SMARTS) is 1. The van der Waals surface area contributed by atoms with Gasteiger partial charge in [0, 0.05) is 31.0 Å². The predicted molar refractivity (Wildman–Crippen MR) is 125 cm³/mol. The van der Waals surface area contributed by atoms with Gasteiger partial charge in [-0.05, 0) is 74.1 Å². The molecule has 3 nitrogen and oxygen atoms in total. The van der Waals surface area contributed by atoms with Crippen molar-refractivity contribution in [2.24, 2.45) is 17.8 Å². The molecule has 0 spiro atoms. The van der Waals surface area contributed by atoms with E-state index in [0.717, 1.165) is 51.3 Å². The van der Waals surface area contributed by atoms with Gasteiger partial charge in [-0.3, -0.25) is 9.69 Å². The van der Waals surface area contributed by atoms with Gasteiger partial charge in [0.05, 0.1) is 0 Å². The number of halogens is 2. The highest BCUT2D eigenvalue weighted by Crippen LogP contribution is 2.43. The van der Waals surface area contributed by atoms with Crippen LogP contribution in [0.5, 0.6) is 0 Å². The molecule has 0 bridgehead atoms. The van der Waals surface area contributed by atoms with E-state index < -0.39 is 17.6 Å². The van der Waals surface area contributed by atoms with Crippen molar-refractivity contribution in [3.05, 3.63) is 35.4 Å². The van der Waals surface area contributed by atoms with Crippen LogP contribution in [0, 0.1) is 29.4 Å². The van der Waals surface area contributed by atoms with E-state index in [2.05, 4.69) is 18.7 Å². The highest BCUT2D eigenvalue weighted by atomic mass is 19.1. The number of carboxylic acids is 1. The summed E-state index contributed by atoms with van der Waals surface area (Å²) in [5.41, 5.74) is 0.635. The Balaban J connectivity index is 1.92. The fourth-order valence-corrected chi connectivity index (χ4v) is 6.07. The predicted octanol–water partition coefficient (Wildman–Crippen LogP) is 7.01. The molecule has 1 aromatic carbocycles. The zero-order valence-corrected chi connectivity index (χ0v) is 19.9. The van der Waals surface area contributed by atoms with Crippen LogP contribution < -0.4 is 0 Å². The molecule has 2 fully saturated rings. The third-order valence-electron chi connectivity index (χ3n) is 8.00. The first-order valence-electron chi connectivity index (χ1n) is 12.8. The van der Waals surface area contributed by atoms with Crippen molar-refractivity contribution < 1.29 is 18.7 Å². The van der Waals surface area contributed by atoms with Crippen LogP contribution in [0.25, 0.3) is 0 Å². The zero-order valence-electron chi connectivity index (χ0n) is 19.9. The average molecular weight is 450 g/mol. The molecule has 0 aromatic heterocycles. The van der Waals surface area contributed by atoms with Gasteiger partial charge >= 0.3 is 5.97 Å². The minimum Gasteiger partial charge on any atom is -0.481 e. The van der Waals surface area contributed by atoms with Gasteiger partial charge in [0.25, 0.3) is 0 Å². The van der Waals surface area contributed by atoms with E-state index in [0.29, 0.717) is 17.4 Å². The van der Waals surface area contributed by atoms with Crippen molar-refractivity contribution in [3.63, 3.8) is 0 Å². The maximum absolute atomic E-state index is 14.2. The van der Waals surface area contributed by atoms with Gasteiger partial charge in [0.1, 0.15) is 11.6 Å². The lowest BCUT2D eigenvalue weighted by Gasteiger charge is -2.46. The van der Waals surface area contributed by atoms with Crippen LogP contribution in [-0.2, 0) is 4.79 Å². The normalized spacial score (nSPS) is 25.7. The standard InChI is InChI=1S/C27H41F2NO2/c1-3-19(2)12-13-30(18-20-8-5-4-6-9-20)25-11-7-10-21(16-26(31)32)27(25)22-14-23(28)17-24(29)15-22/h14-15,17,19-21,25,27H,3-13,16,18H2,1-2H3,(H,31,32). The highest BCUT2D eigenvalue weighted by Gasteiger charge is 2.39. The van der Waals surface area contributed by atoms with E-state index >= 15 is 0 Å². The Kier molecular flexibility index (Phi) is 9.51. The Labute approximate surface area is 192 Å². The first kappa shape index (κ1) is 25.1. The molecule has 2 saturated carbocycles. The number of carbonyl (C=O) groups is 1. The lowest BCUT2D eigenvalue weighted by Crippen LogP contribution is -2.47. The van der Waals surface area contributed by atoms with Crippen molar-refractivity contribution >= 4 is 5.97 Å². The van der Waals surface area contributed by atoms with Gasteiger partial charge in [-0.1, -0.05) is 46.0 Å². The van der Waals surface area contributed by atoms with Gasteiger partial charge in [-0.15, -0.1) is 0 Å². The molecule has 2 aliphatic rings. The van der Waals surface area contributed by atoms with Gasteiger partial charge in [0.2, 0.25) is 0 Å². The molecule has 2 aliphatic carbocycles. The summed E-state index contributed by atoms with van der Waals surface area (Å²) in [6.07, 6.45) is 11.4. The number of hydrogen-bond donors (Lipinski definition) is 1. The summed E-state index contributed by atoms with van der Waals surface area (Å²) < 4.78 is 28.4. The van der Waals surface area contributed by atoms with Gasteiger partial charge < -0.3 is 5.11 Å². The van der Waals surface area contributed by atoms with Gasteiger partial charge in [0.15, 0.2) is 0 Å². The molecule has 180 valence electrons. The van der Waals surface area contributed by atoms with E-state index in [4.69, 9.17) is 0 Å². The first-order valence-corrected chi connectivity index (χ1v) is 12.8. The Morgan fingerprint density at radius 3 is 2.38 bits per heavy atom. The number of nitrogens with zero attached hydrogens (tertiary/aromatic N) is 1. The minimum atomic E-state index is -0.823. The van der Waals surface area contributed by atoms with E-state index in [1.165, 1.54) is 44.2 Å². The van der Waals surface area contributed by atoms with Crippen LogP contribution >= 0.6 is 0 Å². The molecule has 0 heterocycles. The molecular formula is C27H41F2NO2. The topological polar surface area (TPSA) is 40.5 Å². The lowest BCUT2D eigenvalue weighted by atomic mass is 9.70. The van der Waals surface area contributed by atoms with Gasteiger partial charge in [-0.25, -0.2) is 8.78 Å². The summed E-state index contributed by atoms with van der Waals surface area (Å²) in [7, 11) is 0. The number of hydrogen-bond acceptors (Lipinski definition) is 2. The number of rotatable bonds is 10. The average Bonchev–Trinajstić information content (AvgIpc) is 2.75. The third kappa shape index (κ3) is 7.00. The summed E-state index contributed by atoms with van der Waals surface area (Å²) in [4.78, 5) is 14.3. The van der Waals surface area contributed by atoms with Crippen molar-refractivity contribution in [2.75, 3.05) is 13.1 Å².